The quantitative estimate of drug-likeness (QED) is 0.258. The summed E-state index contributed by atoms with van der Waals surface area (Å²) in [5.74, 6) is -0.544. The highest BCUT2D eigenvalue weighted by Crippen LogP contribution is 2.46. The first-order chi connectivity index (χ1) is 19.4. The fraction of sp³-hybridized carbons (Fsp3) is 0.393. The number of carboxylic acid groups (broad SMARTS) is 1. The second-order valence-corrected chi connectivity index (χ2v) is 12.4. The number of aromatic carboxylic acids is 1. The van der Waals surface area contributed by atoms with Gasteiger partial charge in [0, 0.05) is 49.3 Å². The second kappa shape index (κ2) is 10.3. The minimum absolute atomic E-state index is 0.0346. The van der Waals surface area contributed by atoms with Crippen LogP contribution in [0.4, 0.5) is 9.52 Å². The van der Waals surface area contributed by atoms with Crippen LogP contribution in [-0.2, 0) is 11.3 Å². The van der Waals surface area contributed by atoms with Gasteiger partial charge in [0.05, 0.1) is 33.0 Å². The second-order valence-electron chi connectivity index (χ2n) is 10.6. The van der Waals surface area contributed by atoms with E-state index < -0.39 is 11.8 Å². The van der Waals surface area contributed by atoms with E-state index in [9.17, 15) is 14.3 Å². The van der Waals surface area contributed by atoms with Gasteiger partial charge in [0.2, 0.25) is 0 Å². The largest absolute Gasteiger partial charge is 0.478 e. The van der Waals surface area contributed by atoms with Gasteiger partial charge in [-0.15, -0.1) is 0 Å². The molecule has 4 heterocycles. The van der Waals surface area contributed by atoms with Crippen molar-refractivity contribution in [2.24, 2.45) is 0 Å². The molecule has 12 heteroatoms. The molecule has 2 aromatic carbocycles. The third-order valence-corrected chi connectivity index (χ3v) is 9.66. The van der Waals surface area contributed by atoms with Crippen molar-refractivity contribution in [2.75, 3.05) is 31.1 Å². The molecule has 0 bridgehead atoms. The molecule has 208 valence electrons. The zero-order valence-corrected chi connectivity index (χ0v) is 23.6. The van der Waals surface area contributed by atoms with Crippen LogP contribution in [0.5, 0.6) is 0 Å². The Bertz CT molecular complexity index is 1600. The smallest absolute Gasteiger partial charge is 0.335 e. The Morgan fingerprint density at radius 2 is 2.00 bits per heavy atom. The molecule has 4 aromatic rings. The Balaban J connectivity index is 1.06. The fourth-order valence-corrected chi connectivity index (χ4v) is 7.41. The summed E-state index contributed by atoms with van der Waals surface area (Å²) in [5.41, 5.74) is 2.38. The number of ether oxygens (including phenoxy) is 1. The summed E-state index contributed by atoms with van der Waals surface area (Å²) in [7, 11) is 0. The molecule has 0 radical (unpaired) electrons. The minimum Gasteiger partial charge on any atom is -0.478 e. The number of piperazine rings is 1. The van der Waals surface area contributed by atoms with Crippen LogP contribution in [-0.4, -0.2) is 64.4 Å². The van der Waals surface area contributed by atoms with Gasteiger partial charge >= 0.3 is 5.97 Å². The lowest BCUT2D eigenvalue weighted by Crippen LogP contribution is -2.50. The number of rotatable bonds is 7. The maximum absolute atomic E-state index is 14.5. The molecule has 3 aliphatic rings. The van der Waals surface area contributed by atoms with E-state index in [0.717, 1.165) is 62.8 Å². The number of carboxylic acids is 1. The highest BCUT2D eigenvalue weighted by atomic mass is 35.5. The highest BCUT2D eigenvalue weighted by Gasteiger charge is 2.39. The lowest BCUT2D eigenvalue weighted by atomic mass is 10.0. The molecule has 0 amide bonds. The van der Waals surface area contributed by atoms with Crippen LogP contribution in [0.25, 0.3) is 21.5 Å². The summed E-state index contributed by atoms with van der Waals surface area (Å²) in [6, 6.07) is 8.19. The molecule has 0 spiro atoms. The fourth-order valence-electron chi connectivity index (χ4n) is 5.78. The Morgan fingerprint density at radius 3 is 2.75 bits per heavy atom. The molecule has 2 aromatic heterocycles. The van der Waals surface area contributed by atoms with Crippen LogP contribution < -0.4 is 4.90 Å². The maximum Gasteiger partial charge on any atom is 0.335 e. The lowest BCUT2D eigenvalue weighted by molar-refractivity contribution is 0.0463. The topological polar surface area (TPSA) is 91.9 Å². The van der Waals surface area contributed by atoms with E-state index in [1.54, 1.807) is 12.1 Å². The summed E-state index contributed by atoms with van der Waals surface area (Å²) < 4.78 is 27.3. The van der Waals surface area contributed by atoms with Crippen molar-refractivity contribution in [1.82, 2.24) is 15.0 Å². The predicted octanol–water partition coefficient (Wildman–Crippen LogP) is 6.45. The van der Waals surface area contributed by atoms with Crippen LogP contribution in [0.3, 0.4) is 0 Å². The van der Waals surface area contributed by atoms with E-state index in [0.29, 0.717) is 43.7 Å². The van der Waals surface area contributed by atoms with Gasteiger partial charge < -0.3 is 19.3 Å². The number of fused-ring (bicyclic) bond motifs is 2. The van der Waals surface area contributed by atoms with E-state index in [4.69, 9.17) is 32.5 Å². The van der Waals surface area contributed by atoms with Crippen molar-refractivity contribution in [3.05, 3.63) is 63.1 Å². The summed E-state index contributed by atoms with van der Waals surface area (Å²) in [6.45, 7) is 3.52. The number of thiazole rings is 1. The van der Waals surface area contributed by atoms with Crippen LogP contribution in [0.2, 0.25) is 10.0 Å². The zero-order valence-electron chi connectivity index (χ0n) is 21.3. The van der Waals surface area contributed by atoms with Crippen molar-refractivity contribution in [3.63, 3.8) is 0 Å². The summed E-state index contributed by atoms with van der Waals surface area (Å²) in [4.78, 5) is 20.4. The third kappa shape index (κ3) is 4.75. The Hall–Kier alpha value is -2.76. The van der Waals surface area contributed by atoms with Gasteiger partial charge in [-0.05, 0) is 43.5 Å². The molecule has 3 fully saturated rings. The average molecular weight is 604 g/mol. The van der Waals surface area contributed by atoms with E-state index in [1.807, 2.05) is 6.07 Å². The van der Waals surface area contributed by atoms with Crippen LogP contribution in [0.15, 0.2) is 34.9 Å². The highest BCUT2D eigenvalue weighted by molar-refractivity contribution is 7.22. The number of benzene rings is 2. The van der Waals surface area contributed by atoms with Gasteiger partial charge in [0.15, 0.2) is 10.9 Å². The van der Waals surface area contributed by atoms with Gasteiger partial charge in [-0.3, -0.25) is 4.90 Å². The Kier molecular flexibility index (Phi) is 6.71. The molecular weight excluding hydrogens is 578 g/mol. The normalized spacial score (nSPS) is 21.3. The molecule has 1 saturated carbocycles. The van der Waals surface area contributed by atoms with Crippen LogP contribution in [0.1, 0.15) is 46.9 Å². The SMILES string of the molecule is O=C(O)c1cc(F)c2nc(N3CCN4C[C@@H](OCc5c(-c6c(Cl)cccc6Cl)noc5C5CC5)CC4C3)sc2c1. The number of anilines is 1. The summed E-state index contributed by atoms with van der Waals surface area (Å²) >= 11 is 14.3. The first kappa shape index (κ1) is 26.2. The third-order valence-electron chi connectivity index (χ3n) is 7.96. The van der Waals surface area contributed by atoms with Gasteiger partial charge in [0.1, 0.15) is 17.0 Å². The number of aromatic nitrogens is 2. The summed E-state index contributed by atoms with van der Waals surface area (Å²) in [6.07, 6.45) is 3.03. The number of nitrogens with zero attached hydrogens (tertiary/aromatic N) is 4. The summed E-state index contributed by atoms with van der Waals surface area (Å²) in [5, 5.41) is 15.4. The van der Waals surface area contributed by atoms with E-state index >= 15 is 0 Å². The number of hydrogen-bond acceptors (Lipinski definition) is 8. The molecule has 40 heavy (non-hydrogen) atoms. The molecule has 2 atom stereocenters. The lowest BCUT2D eigenvalue weighted by Gasteiger charge is -2.37. The van der Waals surface area contributed by atoms with Crippen molar-refractivity contribution >= 4 is 55.9 Å². The molecule has 1 unspecified atom stereocenters. The Labute approximate surface area is 243 Å². The minimum atomic E-state index is -1.15. The molecule has 2 saturated heterocycles. The van der Waals surface area contributed by atoms with Crippen molar-refractivity contribution in [2.45, 2.75) is 43.9 Å². The zero-order chi connectivity index (χ0) is 27.5. The average Bonchev–Trinajstić information content (AvgIpc) is 3.34. The molecule has 1 aliphatic carbocycles. The van der Waals surface area contributed by atoms with E-state index in [-0.39, 0.29) is 23.2 Å². The Morgan fingerprint density at radius 1 is 1.20 bits per heavy atom. The number of carbonyl (C=O) groups is 1. The van der Waals surface area contributed by atoms with Crippen LogP contribution >= 0.6 is 34.5 Å². The number of hydrogen-bond donors (Lipinski definition) is 1. The molecule has 1 N–H and O–H groups in total. The standard InChI is InChI=1S/C28H25Cl2FN4O4S/c29-19-2-1-3-20(30)23(19)24-18(26(39-33-24)14-4-5-14)13-38-17-10-16-11-35(7-6-34(16)12-17)28-32-25-21(31)8-15(27(36)37)9-22(25)40-28/h1-3,8-9,14,16-17H,4-7,10-13H2,(H,36,37)/t16?,17-/m0/s1. The maximum atomic E-state index is 14.5. The molecule has 7 rings (SSSR count). The van der Waals surface area contributed by atoms with E-state index in [2.05, 4.69) is 19.9 Å². The van der Waals surface area contributed by atoms with Crippen molar-refractivity contribution in [1.29, 1.82) is 0 Å². The monoisotopic (exact) mass is 602 g/mol. The van der Waals surface area contributed by atoms with Crippen molar-refractivity contribution in [3.8, 4) is 11.3 Å². The number of halogens is 3. The molecular formula is C28H25Cl2FN4O4S. The van der Waals surface area contributed by atoms with E-state index in [1.165, 1.54) is 17.4 Å². The van der Waals surface area contributed by atoms with Crippen LogP contribution in [0, 0.1) is 5.82 Å². The molecule has 8 nitrogen and oxygen atoms in total. The first-order valence-corrected chi connectivity index (χ1v) is 14.8. The van der Waals surface area contributed by atoms with Gasteiger partial charge in [-0.1, -0.05) is 45.8 Å². The first-order valence-electron chi connectivity index (χ1n) is 13.2. The molecule has 2 aliphatic heterocycles. The van der Waals surface area contributed by atoms with Gasteiger partial charge in [-0.2, -0.15) is 0 Å². The van der Waals surface area contributed by atoms with Gasteiger partial charge in [0.25, 0.3) is 0 Å². The van der Waals surface area contributed by atoms with Crippen molar-refractivity contribution < 1.29 is 23.6 Å². The predicted molar refractivity (Wildman–Crippen MR) is 151 cm³/mol. The van der Waals surface area contributed by atoms with Gasteiger partial charge in [-0.25, -0.2) is 14.2 Å².